The van der Waals surface area contributed by atoms with Crippen molar-refractivity contribution < 1.29 is 4.42 Å². The van der Waals surface area contributed by atoms with Gasteiger partial charge in [-0.2, -0.15) is 0 Å². The molecule has 0 saturated carbocycles. The SMILES string of the molecule is CC(C)(C)Cc1ccc2c(c1)oc1cc3c(cc12)CCCC3. The van der Waals surface area contributed by atoms with E-state index in [0.29, 0.717) is 5.41 Å². The van der Waals surface area contributed by atoms with E-state index >= 15 is 0 Å². The Morgan fingerprint density at radius 1 is 0.864 bits per heavy atom. The number of fused-ring (bicyclic) bond motifs is 4. The number of hydrogen-bond donors (Lipinski definition) is 0. The Morgan fingerprint density at radius 2 is 1.55 bits per heavy atom. The lowest BCUT2D eigenvalue weighted by atomic mass is 9.88. The highest BCUT2D eigenvalue weighted by Gasteiger charge is 2.16. The summed E-state index contributed by atoms with van der Waals surface area (Å²) in [5.74, 6) is 0. The summed E-state index contributed by atoms with van der Waals surface area (Å²) in [7, 11) is 0. The smallest absolute Gasteiger partial charge is 0.135 e. The fourth-order valence-corrected chi connectivity index (χ4v) is 3.77. The van der Waals surface area contributed by atoms with Crippen molar-refractivity contribution in [3.05, 3.63) is 47.0 Å². The standard InChI is InChI=1S/C21H24O/c1-21(2,3)13-14-8-9-17-18-11-15-6-4-5-7-16(15)12-20(18)22-19(17)10-14/h8-12H,4-7,13H2,1-3H3. The average Bonchev–Trinajstić information content (AvgIpc) is 2.79. The van der Waals surface area contributed by atoms with Gasteiger partial charge in [-0.25, -0.2) is 0 Å². The molecule has 2 aromatic carbocycles. The molecule has 1 heterocycles. The summed E-state index contributed by atoms with van der Waals surface area (Å²) in [4.78, 5) is 0. The molecule has 0 spiro atoms. The van der Waals surface area contributed by atoms with E-state index in [-0.39, 0.29) is 0 Å². The lowest BCUT2D eigenvalue weighted by molar-refractivity contribution is 0.411. The Balaban J connectivity index is 1.86. The zero-order chi connectivity index (χ0) is 15.3. The second-order valence-corrected chi connectivity index (χ2v) is 7.99. The molecule has 0 aliphatic heterocycles. The molecule has 1 heteroatoms. The summed E-state index contributed by atoms with van der Waals surface area (Å²) >= 11 is 0. The molecule has 114 valence electrons. The van der Waals surface area contributed by atoms with Crippen LogP contribution in [0.3, 0.4) is 0 Å². The second-order valence-electron chi connectivity index (χ2n) is 7.99. The molecule has 1 aliphatic rings. The van der Waals surface area contributed by atoms with Crippen molar-refractivity contribution in [2.24, 2.45) is 5.41 Å². The first-order valence-corrected chi connectivity index (χ1v) is 8.47. The third kappa shape index (κ3) is 2.43. The molecule has 3 aromatic rings. The number of aryl methyl sites for hydroxylation is 2. The lowest BCUT2D eigenvalue weighted by Gasteiger charge is -2.17. The lowest BCUT2D eigenvalue weighted by Crippen LogP contribution is -2.08. The van der Waals surface area contributed by atoms with Crippen LogP contribution < -0.4 is 0 Å². The third-order valence-electron chi connectivity index (χ3n) is 4.73. The van der Waals surface area contributed by atoms with E-state index in [9.17, 15) is 0 Å². The van der Waals surface area contributed by atoms with E-state index < -0.39 is 0 Å². The van der Waals surface area contributed by atoms with Crippen LogP contribution in [-0.4, -0.2) is 0 Å². The summed E-state index contributed by atoms with van der Waals surface area (Å²) in [5, 5.41) is 2.55. The first-order chi connectivity index (χ1) is 10.5. The van der Waals surface area contributed by atoms with Gasteiger partial charge in [-0.15, -0.1) is 0 Å². The molecule has 0 unspecified atom stereocenters. The van der Waals surface area contributed by atoms with Gasteiger partial charge < -0.3 is 4.42 Å². The zero-order valence-corrected chi connectivity index (χ0v) is 13.8. The average molecular weight is 292 g/mol. The number of benzene rings is 2. The molecule has 22 heavy (non-hydrogen) atoms. The van der Waals surface area contributed by atoms with Gasteiger partial charge >= 0.3 is 0 Å². The van der Waals surface area contributed by atoms with Crippen LogP contribution in [0.4, 0.5) is 0 Å². The highest BCUT2D eigenvalue weighted by Crippen LogP contribution is 2.34. The van der Waals surface area contributed by atoms with Crippen LogP contribution in [-0.2, 0) is 19.3 Å². The van der Waals surface area contributed by atoms with Gasteiger partial charge in [-0.3, -0.25) is 0 Å². The molecule has 1 nitrogen and oxygen atoms in total. The minimum absolute atomic E-state index is 0.304. The minimum Gasteiger partial charge on any atom is -0.456 e. The van der Waals surface area contributed by atoms with Crippen molar-refractivity contribution in [1.29, 1.82) is 0 Å². The minimum atomic E-state index is 0.304. The zero-order valence-electron chi connectivity index (χ0n) is 13.8. The van der Waals surface area contributed by atoms with Gasteiger partial charge in [0.15, 0.2) is 0 Å². The van der Waals surface area contributed by atoms with E-state index in [2.05, 4.69) is 51.1 Å². The Hall–Kier alpha value is -1.76. The molecular formula is C21H24O. The van der Waals surface area contributed by atoms with Gasteiger partial charge in [-0.1, -0.05) is 32.9 Å². The third-order valence-corrected chi connectivity index (χ3v) is 4.73. The summed E-state index contributed by atoms with van der Waals surface area (Å²) in [6, 6.07) is 11.4. The molecule has 0 atom stereocenters. The molecule has 1 aromatic heterocycles. The molecule has 0 amide bonds. The van der Waals surface area contributed by atoms with Gasteiger partial charge in [0.05, 0.1) is 0 Å². The summed E-state index contributed by atoms with van der Waals surface area (Å²) < 4.78 is 6.17. The van der Waals surface area contributed by atoms with E-state index in [1.54, 1.807) is 0 Å². The van der Waals surface area contributed by atoms with Crippen LogP contribution in [0.15, 0.2) is 34.7 Å². The van der Waals surface area contributed by atoms with Gasteiger partial charge in [0, 0.05) is 10.8 Å². The highest BCUT2D eigenvalue weighted by atomic mass is 16.3. The largest absolute Gasteiger partial charge is 0.456 e. The van der Waals surface area contributed by atoms with Gasteiger partial charge in [0.1, 0.15) is 11.2 Å². The quantitative estimate of drug-likeness (QED) is 0.532. The van der Waals surface area contributed by atoms with Crippen LogP contribution in [0.1, 0.15) is 50.3 Å². The van der Waals surface area contributed by atoms with Crippen molar-refractivity contribution >= 4 is 21.9 Å². The predicted molar refractivity (Wildman–Crippen MR) is 93.5 cm³/mol. The highest BCUT2D eigenvalue weighted by molar-refractivity contribution is 6.05. The number of rotatable bonds is 1. The van der Waals surface area contributed by atoms with Crippen molar-refractivity contribution in [3.63, 3.8) is 0 Å². The van der Waals surface area contributed by atoms with Crippen molar-refractivity contribution in [3.8, 4) is 0 Å². The summed E-state index contributed by atoms with van der Waals surface area (Å²) in [5.41, 5.74) is 6.79. The molecule has 0 N–H and O–H groups in total. The monoisotopic (exact) mass is 292 g/mol. The van der Waals surface area contributed by atoms with Crippen LogP contribution in [0, 0.1) is 5.41 Å². The fraction of sp³-hybridized carbons (Fsp3) is 0.429. The van der Waals surface area contributed by atoms with E-state index in [1.165, 1.54) is 53.1 Å². The van der Waals surface area contributed by atoms with Gasteiger partial charge in [0.25, 0.3) is 0 Å². The molecule has 0 fully saturated rings. The van der Waals surface area contributed by atoms with E-state index in [1.807, 2.05) is 0 Å². The Bertz CT molecular complexity index is 846. The molecule has 1 aliphatic carbocycles. The Kier molecular flexibility index (Phi) is 3.07. The molecule has 0 saturated heterocycles. The number of furan rings is 1. The van der Waals surface area contributed by atoms with Crippen LogP contribution >= 0.6 is 0 Å². The maximum Gasteiger partial charge on any atom is 0.135 e. The second kappa shape index (κ2) is 4.87. The fourth-order valence-electron chi connectivity index (χ4n) is 3.77. The van der Waals surface area contributed by atoms with Crippen LogP contribution in [0.2, 0.25) is 0 Å². The Labute approximate surface area is 132 Å². The predicted octanol–water partition coefficient (Wildman–Crippen LogP) is 6.05. The molecule has 0 bridgehead atoms. The van der Waals surface area contributed by atoms with E-state index in [4.69, 9.17) is 4.42 Å². The molecule has 0 radical (unpaired) electrons. The maximum absolute atomic E-state index is 6.17. The molecule has 4 rings (SSSR count). The van der Waals surface area contributed by atoms with Crippen molar-refractivity contribution in [1.82, 2.24) is 0 Å². The van der Waals surface area contributed by atoms with Gasteiger partial charge in [-0.05, 0) is 72.4 Å². The first kappa shape index (κ1) is 13.9. The van der Waals surface area contributed by atoms with Crippen molar-refractivity contribution in [2.45, 2.75) is 52.9 Å². The van der Waals surface area contributed by atoms with Gasteiger partial charge in [0.2, 0.25) is 0 Å². The maximum atomic E-state index is 6.17. The Morgan fingerprint density at radius 3 is 2.27 bits per heavy atom. The summed E-state index contributed by atoms with van der Waals surface area (Å²) in [6.45, 7) is 6.84. The normalized spacial score (nSPS) is 15.4. The van der Waals surface area contributed by atoms with Crippen LogP contribution in [0.5, 0.6) is 0 Å². The molecular weight excluding hydrogens is 268 g/mol. The first-order valence-electron chi connectivity index (χ1n) is 8.47. The van der Waals surface area contributed by atoms with E-state index in [0.717, 1.165) is 17.6 Å². The topological polar surface area (TPSA) is 13.1 Å². The van der Waals surface area contributed by atoms with Crippen LogP contribution in [0.25, 0.3) is 21.9 Å². The summed E-state index contributed by atoms with van der Waals surface area (Å²) in [6.07, 6.45) is 6.15. The van der Waals surface area contributed by atoms with Crippen molar-refractivity contribution in [2.75, 3.05) is 0 Å². The number of hydrogen-bond acceptors (Lipinski definition) is 1.